The van der Waals surface area contributed by atoms with Crippen LogP contribution in [-0.2, 0) is 0 Å². The summed E-state index contributed by atoms with van der Waals surface area (Å²) in [5.74, 6) is 0.127. The molecular formula is C8H7FN2O. The van der Waals surface area contributed by atoms with Gasteiger partial charge in [0.2, 0.25) is 5.88 Å². The zero-order valence-electron chi connectivity index (χ0n) is 6.49. The highest BCUT2D eigenvalue weighted by Gasteiger charge is 2.02. The zero-order valence-corrected chi connectivity index (χ0v) is 6.49. The molecule has 2 aromatic rings. The number of aromatic nitrogens is 2. The van der Waals surface area contributed by atoms with Gasteiger partial charge in [0.1, 0.15) is 12.1 Å². The maximum Gasteiger partial charge on any atom is 0.201 e. The number of rotatable bonds is 1. The second-order valence-corrected chi connectivity index (χ2v) is 2.40. The van der Waals surface area contributed by atoms with Gasteiger partial charge in [-0.2, -0.15) is 0 Å². The van der Waals surface area contributed by atoms with E-state index in [1.165, 1.54) is 19.2 Å². The summed E-state index contributed by atoms with van der Waals surface area (Å²) >= 11 is 0. The fourth-order valence-electron chi connectivity index (χ4n) is 1.12. The van der Waals surface area contributed by atoms with E-state index >= 15 is 0 Å². The average Bonchev–Trinajstić information content (AvgIpc) is 2.50. The predicted octanol–water partition coefficient (Wildman–Crippen LogP) is 1.48. The molecule has 0 unspecified atom stereocenters. The predicted molar refractivity (Wildman–Crippen MR) is 41.7 cm³/mol. The molecule has 0 aromatic carbocycles. The number of nitrogens with zero attached hydrogens (tertiary/aromatic N) is 2. The van der Waals surface area contributed by atoms with Crippen LogP contribution in [0.25, 0.3) is 5.52 Å². The summed E-state index contributed by atoms with van der Waals surface area (Å²) in [5, 5.41) is 0. The molecule has 0 atom stereocenters. The lowest BCUT2D eigenvalue weighted by atomic mass is 10.4. The van der Waals surface area contributed by atoms with E-state index in [-0.39, 0.29) is 5.82 Å². The Morgan fingerprint density at radius 1 is 1.50 bits per heavy atom. The molecule has 0 radical (unpaired) electrons. The lowest BCUT2D eigenvalue weighted by Gasteiger charge is -2.02. The van der Waals surface area contributed by atoms with E-state index in [2.05, 4.69) is 4.98 Å². The maximum absolute atomic E-state index is 12.8. The molecule has 0 aliphatic carbocycles. The highest BCUT2D eigenvalue weighted by Crippen LogP contribution is 2.15. The van der Waals surface area contributed by atoms with Crippen molar-refractivity contribution in [2.75, 3.05) is 7.11 Å². The quantitative estimate of drug-likeness (QED) is 0.641. The Morgan fingerprint density at radius 2 is 2.33 bits per heavy atom. The van der Waals surface area contributed by atoms with Crippen molar-refractivity contribution in [2.24, 2.45) is 0 Å². The van der Waals surface area contributed by atoms with Gasteiger partial charge in [-0.3, -0.25) is 4.40 Å². The number of fused-ring (bicyclic) bond motifs is 1. The summed E-state index contributed by atoms with van der Waals surface area (Å²) in [6.07, 6.45) is 3.15. The number of imidazole rings is 1. The molecule has 0 saturated heterocycles. The van der Waals surface area contributed by atoms with Crippen LogP contribution in [-0.4, -0.2) is 16.5 Å². The van der Waals surface area contributed by atoms with Gasteiger partial charge in [0.25, 0.3) is 0 Å². The molecule has 0 spiro atoms. The number of ether oxygens (including phenoxy) is 1. The summed E-state index contributed by atoms with van der Waals surface area (Å²) < 4.78 is 19.5. The van der Waals surface area contributed by atoms with E-state index in [9.17, 15) is 4.39 Å². The van der Waals surface area contributed by atoms with Gasteiger partial charge in [0.15, 0.2) is 0 Å². The molecule has 0 aliphatic heterocycles. The average molecular weight is 166 g/mol. The van der Waals surface area contributed by atoms with Gasteiger partial charge < -0.3 is 4.74 Å². The van der Waals surface area contributed by atoms with Crippen molar-refractivity contribution in [3.63, 3.8) is 0 Å². The van der Waals surface area contributed by atoms with Gasteiger partial charge in [-0.15, -0.1) is 0 Å². The minimum Gasteiger partial charge on any atom is -0.482 e. The van der Waals surface area contributed by atoms with E-state index in [1.807, 2.05) is 0 Å². The fourth-order valence-corrected chi connectivity index (χ4v) is 1.12. The van der Waals surface area contributed by atoms with Gasteiger partial charge in [-0.05, 0) is 6.07 Å². The topological polar surface area (TPSA) is 26.5 Å². The van der Waals surface area contributed by atoms with Gasteiger partial charge in [-0.25, -0.2) is 9.37 Å². The monoisotopic (exact) mass is 166 g/mol. The van der Waals surface area contributed by atoms with Crippen LogP contribution >= 0.6 is 0 Å². The van der Waals surface area contributed by atoms with Crippen LogP contribution in [0, 0.1) is 5.82 Å². The van der Waals surface area contributed by atoms with Crippen LogP contribution in [0.4, 0.5) is 4.39 Å². The Labute approximate surface area is 68.4 Å². The lowest BCUT2D eigenvalue weighted by molar-refractivity contribution is 0.388. The molecule has 62 valence electrons. The normalized spacial score (nSPS) is 10.5. The Balaban J connectivity index is 2.80. The molecule has 0 aliphatic rings. The second-order valence-electron chi connectivity index (χ2n) is 2.40. The van der Waals surface area contributed by atoms with Crippen molar-refractivity contribution >= 4 is 5.52 Å². The van der Waals surface area contributed by atoms with Crippen molar-refractivity contribution in [1.29, 1.82) is 0 Å². The summed E-state index contributed by atoms with van der Waals surface area (Å²) in [7, 11) is 1.49. The van der Waals surface area contributed by atoms with Crippen molar-refractivity contribution in [2.45, 2.75) is 0 Å². The Kier molecular flexibility index (Phi) is 1.46. The SMILES string of the molecule is COc1cc(F)cc2cncn12. The van der Waals surface area contributed by atoms with E-state index in [0.717, 1.165) is 0 Å². The van der Waals surface area contributed by atoms with E-state index < -0.39 is 0 Å². The third-order valence-electron chi connectivity index (χ3n) is 1.66. The van der Waals surface area contributed by atoms with Crippen LogP contribution < -0.4 is 4.74 Å². The molecule has 0 amide bonds. The molecule has 0 bridgehead atoms. The van der Waals surface area contributed by atoms with E-state index in [1.54, 1.807) is 16.9 Å². The first-order valence-corrected chi connectivity index (χ1v) is 3.47. The standard InChI is InChI=1S/C8H7FN2O/c1-12-8-3-6(9)2-7-4-10-5-11(7)8/h2-5H,1H3. The van der Waals surface area contributed by atoms with Crippen LogP contribution in [0.15, 0.2) is 24.7 Å². The van der Waals surface area contributed by atoms with Crippen LogP contribution in [0.2, 0.25) is 0 Å². The maximum atomic E-state index is 12.8. The first kappa shape index (κ1) is 7.09. The number of hydrogen-bond acceptors (Lipinski definition) is 2. The Bertz CT molecular complexity index is 410. The molecule has 2 heterocycles. The van der Waals surface area contributed by atoms with Crippen LogP contribution in [0.3, 0.4) is 0 Å². The summed E-state index contributed by atoms with van der Waals surface area (Å²) in [6, 6.07) is 2.71. The number of hydrogen-bond donors (Lipinski definition) is 0. The molecule has 0 N–H and O–H groups in total. The lowest BCUT2D eigenvalue weighted by Crippen LogP contribution is -1.93. The highest BCUT2D eigenvalue weighted by molar-refractivity contribution is 5.47. The first-order valence-electron chi connectivity index (χ1n) is 3.47. The molecule has 0 saturated carbocycles. The second kappa shape index (κ2) is 2.48. The number of halogens is 1. The van der Waals surface area contributed by atoms with E-state index in [4.69, 9.17) is 4.74 Å². The van der Waals surface area contributed by atoms with Gasteiger partial charge >= 0.3 is 0 Å². The Hall–Kier alpha value is -1.58. The van der Waals surface area contributed by atoms with Crippen molar-refractivity contribution in [3.05, 3.63) is 30.5 Å². The van der Waals surface area contributed by atoms with Crippen LogP contribution in [0.1, 0.15) is 0 Å². The first-order chi connectivity index (χ1) is 5.81. The fraction of sp³-hybridized carbons (Fsp3) is 0.125. The third kappa shape index (κ3) is 0.922. The van der Waals surface area contributed by atoms with Crippen molar-refractivity contribution < 1.29 is 9.13 Å². The van der Waals surface area contributed by atoms with Gasteiger partial charge in [0.05, 0.1) is 18.8 Å². The summed E-state index contributed by atoms with van der Waals surface area (Å²) in [6.45, 7) is 0. The van der Waals surface area contributed by atoms with Crippen molar-refractivity contribution in [3.8, 4) is 5.88 Å². The Morgan fingerprint density at radius 3 is 3.08 bits per heavy atom. The number of pyridine rings is 1. The summed E-state index contributed by atoms with van der Waals surface area (Å²) in [4.78, 5) is 3.87. The van der Waals surface area contributed by atoms with Crippen LogP contribution in [0.5, 0.6) is 5.88 Å². The van der Waals surface area contributed by atoms with Gasteiger partial charge in [-0.1, -0.05) is 0 Å². The molecular weight excluding hydrogens is 159 g/mol. The molecule has 2 rings (SSSR count). The minimum absolute atomic E-state index is 0.320. The molecule has 2 aromatic heterocycles. The molecule has 3 nitrogen and oxygen atoms in total. The van der Waals surface area contributed by atoms with Gasteiger partial charge in [0, 0.05) is 6.07 Å². The van der Waals surface area contributed by atoms with E-state index in [0.29, 0.717) is 11.4 Å². The highest BCUT2D eigenvalue weighted by atomic mass is 19.1. The zero-order chi connectivity index (χ0) is 8.55. The molecule has 0 fully saturated rings. The third-order valence-corrected chi connectivity index (χ3v) is 1.66. The minimum atomic E-state index is -0.320. The van der Waals surface area contributed by atoms with Crippen molar-refractivity contribution in [1.82, 2.24) is 9.38 Å². The summed E-state index contributed by atoms with van der Waals surface area (Å²) in [5.41, 5.74) is 0.687. The largest absolute Gasteiger partial charge is 0.482 e. The smallest absolute Gasteiger partial charge is 0.201 e. The molecule has 4 heteroatoms. The number of methoxy groups -OCH3 is 1. The molecule has 12 heavy (non-hydrogen) atoms.